The lowest BCUT2D eigenvalue weighted by Gasteiger charge is -2.51. The van der Waals surface area contributed by atoms with Crippen LogP contribution in [0.4, 0.5) is 4.79 Å². The van der Waals surface area contributed by atoms with Crippen LogP contribution in [0.1, 0.15) is 20.8 Å². The Morgan fingerprint density at radius 1 is 1.25 bits per heavy atom. The van der Waals surface area contributed by atoms with E-state index in [1.165, 1.54) is 0 Å². The third-order valence-corrected chi connectivity index (χ3v) is 2.76. The molecule has 1 amide bonds. The van der Waals surface area contributed by atoms with Gasteiger partial charge in [-0.25, -0.2) is 4.79 Å². The highest BCUT2D eigenvalue weighted by Gasteiger charge is 2.49. The molecule has 1 spiro atoms. The Balaban J connectivity index is 2.03. The van der Waals surface area contributed by atoms with E-state index < -0.39 is 5.60 Å². The van der Waals surface area contributed by atoms with E-state index >= 15 is 0 Å². The van der Waals surface area contributed by atoms with Crippen molar-refractivity contribution in [3.8, 4) is 0 Å². The number of morpholine rings is 1. The van der Waals surface area contributed by atoms with E-state index in [1.807, 2.05) is 20.8 Å². The second-order valence-electron chi connectivity index (χ2n) is 5.40. The molecular formula is C11H19NO4. The summed E-state index contributed by atoms with van der Waals surface area (Å²) in [7, 11) is 0. The molecule has 5 heteroatoms. The van der Waals surface area contributed by atoms with E-state index in [1.54, 1.807) is 4.90 Å². The van der Waals surface area contributed by atoms with Gasteiger partial charge >= 0.3 is 6.09 Å². The van der Waals surface area contributed by atoms with Gasteiger partial charge in [-0.3, -0.25) is 4.90 Å². The minimum atomic E-state index is -0.457. The zero-order chi connectivity index (χ0) is 11.8. The molecule has 2 fully saturated rings. The first-order valence-electron chi connectivity index (χ1n) is 5.59. The van der Waals surface area contributed by atoms with E-state index in [0.717, 1.165) is 0 Å². The predicted octanol–water partition coefficient (Wildman–Crippen LogP) is 1.02. The quantitative estimate of drug-likeness (QED) is 0.622. The Kier molecular flexibility index (Phi) is 2.84. The Morgan fingerprint density at radius 2 is 1.88 bits per heavy atom. The number of hydrogen-bond donors (Lipinski definition) is 0. The van der Waals surface area contributed by atoms with Crippen molar-refractivity contribution >= 4 is 6.09 Å². The molecule has 0 N–H and O–H groups in total. The van der Waals surface area contributed by atoms with E-state index in [9.17, 15) is 4.79 Å². The Bertz CT molecular complexity index is 280. The summed E-state index contributed by atoms with van der Waals surface area (Å²) >= 11 is 0. The van der Waals surface area contributed by atoms with Crippen LogP contribution in [0.25, 0.3) is 0 Å². The molecule has 2 rings (SSSR count). The average molecular weight is 229 g/mol. The largest absolute Gasteiger partial charge is 0.444 e. The summed E-state index contributed by atoms with van der Waals surface area (Å²) in [5, 5.41) is 0. The maximum absolute atomic E-state index is 12.0. The third kappa shape index (κ3) is 2.15. The number of hydrogen-bond acceptors (Lipinski definition) is 4. The molecule has 16 heavy (non-hydrogen) atoms. The molecule has 0 aromatic carbocycles. The van der Waals surface area contributed by atoms with Crippen molar-refractivity contribution in [2.75, 3.05) is 33.0 Å². The second-order valence-corrected chi connectivity index (χ2v) is 5.40. The lowest BCUT2D eigenvalue weighted by atomic mass is 9.95. The molecular weight excluding hydrogens is 210 g/mol. The minimum absolute atomic E-state index is 0.265. The maximum atomic E-state index is 12.0. The van der Waals surface area contributed by atoms with E-state index in [-0.39, 0.29) is 11.6 Å². The lowest BCUT2D eigenvalue weighted by molar-refractivity contribution is -0.189. The summed E-state index contributed by atoms with van der Waals surface area (Å²) in [6, 6.07) is 0. The van der Waals surface area contributed by atoms with Gasteiger partial charge in [0.1, 0.15) is 11.1 Å². The standard InChI is InChI=1S/C11H19NO4/c1-10(2,3)16-9(13)12-4-5-14-6-11(12)7-15-8-11/h4-8H2,1-3H3. The van der Waals surface area contributed by atoms with Crippen LogP contribution in [0.5, 0.6) is 0 Å². The van der Waals surface area contributed by atoms with Gasteiger partial charge in [0.05, 0.1) is 26.4 Å². The zero-order valence-corrected chi connectivity index (χ0v) is 10.1. The van der Waals surface area contributed by atoms with E-state index in [0.29, 0.717) is 33.0 Å². The molecule has 0 aromatic heterocycles. The van der Waals surface area contributed by atoms with Crippen LogP contribution in [-0.2, 0) is 14.2 Å². The molecule has 0 atom stereocenters. The van der Waals surface area contributed by atoms with Gasteiger partial charge < -0.3 is 14.2 Å². The van der Waals surface area contributed by atoms with Crippen LogP contribution >= 0.6 is 0 Å². The summed E-state index contributed by atoms with van der Waals surface area (Å²) in [4.78, 5) is 13.8. The number of rotatable bonds is 0. The maximum Gasteiger partial charge on any atom is 0.411 e. The first-order chi connectivity index (χ1) is 7.43. The Labute approximate surface area is 95.6 Å². The van der Waals surface area contributed by atoms with Gasteiger partial charge in [0.2, 0.25) is 0 Å². The molecule has 2 aliphatic heterocycles. The van der Waals surface area contributed by atoms with Crippen molar-refractivity contribution in [3.05, 3.63) is 0 Å². The van der Waals surface area contributed by atoms with Crippen molar-refractivity contribution in [3.63, 3.8) is 0 Å². The van der Waals surface area contributed by atoms with Crippen LogP contribution in [0, 0.1) is 0 Å². The van der Waals surface area contributed by atoms with Gasteiger partial charge in [0, 0.05) is 6.54 Å². The second kappa shape index (κ2) is 3.89. The number of nitrogens with zero attached hydrogens (tertiary/aromatic N) is 1. The molecule has 2 aliphatic rings. The number of carbonyl (C=O) groups is 1. The number of amides is 1. The molecule has 0 radical (unpaired) electrons. The number of ether oxygens (including phenoxy) is 3. The summed E-state index contributed by atoms with van der Waals surface area (Å²) in [5.74, 6) is 0. The number of carbonyl (C=O) groups excluding carboxylic acids is 1. The fourth-order valence-corrected chi connectivity index (χ4v) is 1.91. The highest BCUT2D eigenvalue weighted by molar-refractivity contribution is 5.69. The van der Waals surface area contributed by atoms with Crippen molar-refractivity contribution in [2.45, 2.75) is 31.9 Å². The van der Waals surface area contributed by atoms with E-state index in [2.05, 4.69) is 0 Å². The summed E-state index contributed by atoms with van der Waals surface area (Å²) in [6.45, 7) is 8.41. The van der Waals surface area contributed by atoms with Crippen LogP contribution in [-0.4, -0.2) is 55.1 Å². The minimum Gasteiger partial charge on any atom is -0.444 e. The predicted molar refractivity (Wildman–Crippen MR) is 57.3 cm³/mol. The average Bonchev–Trinajstić information content (AvgIpc) is 2.12. The Morgan fingerprint density at radius 3 is 2.38 bits per heavy atom. The molecule has 2 saturated heterocycles. The van der Waals surface area contributed by atoms with Gasteiger partial charge in [-0.1, -0.05) is 0 Å². The van der Waals surface area contributed by atoms with Crippen molar-refractivity contribution in [2.24, 2.45) is 0 Å². The highest BCUT2D eigenvalue weighted by atomic mass is 16.6. The van der Waals surface area contributed by atoms with Gasteiger partial charge in [-0.15, -0.1) is 0 Å². The SMILES string of the molecule is CC(C)(C)OC(=O)N1CCOCC12COC2. The zero-order valence-electron chi connectivity index (χ0n) is 10.1. The molecule has 0 saturated carbocycles. The summed E-state index contributed by atoms with van der Waals surface area (Å²) in [6.07, 6.45) is -0.265. The fourth-order valence-electron chi connectivity index (χ4n) is 1.91. The third-order valence-electron chi connectivity index (χ3n) is 2.76. The van der Waals surface area contributed by atoms with Crippen molar-refractivity contribution < 1.29 is 19.0 Å². The van der Waals surface area contributed by atoms with Gasteiger partial charge in [-0.2, -0.15) is 0 Å². The van der Waals surface area contributed by atoms with E-state index in [4.69, 9.17) is 14.2 Å². The lowest BCUT2D eigenvalue weighted by Crippen LogP contribution is -2.69. The highest BCUT2D eigenvalue weighted by Crippen LogP contribution is 2.29. The van der Waals surface area contributed by atoms with Crippen molar-refractivity contribution in [1.29, 1.82) is 0 Å². The normalized spacial score (nSPS) is 24.1. The van der Waals surface area contributed by atoms with Gasteiger partial charge in [0.25, 0.3) is 0 Å². The molecule has 0 bridgehead atoms. The van der Waals surface area contributed by atoms with Crippen molar-refractivity contribution in [1.82, 2.24) is 4.90 Å². The van der Waals surface area contributed by atoms with Crippen LogP contribution < -0.4 is 0 Å². The molecule has 92 valence electrons. The molecule has 2 heterocycles. The Hall–Kier alpha value is -0.810. The summed E-state index contributed by atoms with van der Waals surface area (Å²) in [5.41, 5.74) is -0.734. The first-order valence-corrected chi connectivity index (χ1v) is 5.59. The smallest absolute Gasteiger partial charge is 0.411 e. The summed E-state index contributed by atoms with van der Waals surface area (Å²) < 4.78 is 16.0. The molecule has 0 unspecified atom stereocenters. The monoisotopic (exact) mass is 229 g/mol. The van der Waals surface area contributed by atoms with Crippen LogP contribution in [0.2, 0.25) is 0 Å². The fraction of sp³-hybridized carbons (Fsp3) is 0.909. The van der Waals surface area contributed by atoms with Gasteiger partial charge in [0.15, 0.2) is 0 Å². The molecule has 5 nitrogen and oxygen atoms in total. The van der Waals surface area contributed by atoms with Crippen LogP contribution in [0.15, 0.2) is 0 Å². The van der Waals surface area contributed by atoms with Gasteiger partial charge in [-0.05, 0) is 20.8 Å². The first kappa shape index (κ1) is 11.7. The van der Waals surface area contributed by atoms with Crippen LogP contribution in [0.3, 0.4) is 0 Å². The topological polar surface area (TPSA) is 48.0 Å². The molecule has 0 aromatic rings. The molecule has 0 aliphatic carbocycles.